The van der Waals surface area contributed by atoms with Crippen molar-refractivity contribution < 1.29 is 0 Å². The lowest BCUT2D eigenvalue weighted by Gasteiger charge is -2.02. The van der Waals surface area contributed by atoms with Crippen molar-refractivity contribution in [3.63, 3.8) is 0 Å². The van der Waals surface area contributed by atoms with Crippen molar-refractivity contribution >= 4 is 17.6 Å². The van der Waals surface area contributed by atoms with Gasteiger partial charge in [0.2, 0.25) is 11.9 Å². The number of guanidine groups is 1. The van der Waals surface area contributed by atoms with Crippen LogP contribution in [-0.2, 0) is 0 Å². The molecule has 3 heterocycles. The number of nitrogens with one attached hydrogen (secondary N) is 3. The first kappa shape index (κ1) is 12.6. The first-order valence-electron chi connectivity index (χ1n) is 6.68. The number of hydrazone groups is 1. The van der Waals surface area contributed by atoms with Crippen molar-refractivity contribution in [2.45, 2.75) is 13.8 Å². The molecule has 0 amide bonds. The van der Waals surface area contributed by atoms with Gasteiger partial charge in [-0.2, -0.15) is 10.2 Å². The lowest BCUT2D eigenvalue weighted by Crippen LogP contribution is -2.30. The van der Waals surface area contributed by atoms with Crippen LogP contribution < -0.4 is 16.1 Å². The summed E-state index contributed by atoms with van der Waals surface area (Å²) in [6, 6.07) is 0. The predicted molar refractivity (Wildman–Crippen MR) is 78.3 cm³/mol. The highest BCUT2D eigenvalue weighted by atomic mass is 15.4. The van der Waals surface area contributed by atoms with Crippen LogP contribution in [0, 0.1) is 6.92 Å². The van der Waals surface area contributed by atoms with E-state index in [-0.39, 0.29) is 0 Å². The molecule has 8 nitrogen and oxygen atoms in total. The molecule has 0 radical (unpaired) electrons. The number of aliphatic imine (C=N–C) groups is 2. The van der Waals surface area contributed by atoms with Crippen LogP contribution in [-0.4, -0.2) is 53.6 Å². The lowest BCUT2D eigenvalue weighted by atomic mass is 10.2. The molecule has 1 aromatic heterocycles. The second-order valence-electron chi connectivity index (χ2n) is 4.67. The van der Waals surface area contributed by atoms with Crippen LogP contribution in [0.15, 0.2) is 21.3 Å². The highest BCUT2D eigenvalue weighted by Gasteiger charge is 2.14. The summed E-state index contributed by atoms with van der Waals surface area (Å²) in [5.41, 5.74) is 5.71. The summed E-state index contributed by atoms with van der Waals surface area (Å²) in [7, 11) is 0. The predicted octanol–water partition coefficient (Wildman–Crippen LogP) is -0.728. The van der Waals surface area contributed by atoms with Gasteiger partial charge in [-0.3, -0.25) is 0 Å². The maximum Gasteiger partial charge on any atom is 0.219 e. The second-order valence-corrected chi connectivity index (χ2v) is 4.67. The summed E-state index contributed by atoms with van der Waals surface area (Å²) in [4.78, 5) is 8.58. The molecule has 20 heavy (non-hydrogen) atoms. The van der Waals surface area contributed by atoms with Gasteiger partial charge < -0.3 is 10.6 Å². The van der Waals surface area contributed by atoms with Gasteiger partial charge in [0.15, 0.2) is 0 Å². The van der Waals surface area contributed by atoms with Crippen molar-refractivity contribution in [3.05, 3.63) is 17.5 Å². The molecule has 2 aliphatic rings. The van der Waals surface area contributed by atoms with Crippen LogP contribution >= 0.6 is 0 Å². The van der Waals surface area contributed by atoms with Gasteiger partial charge in [-0.1, -0.05) is 0 Å². The molecule has 0 bridgehead atoms. The summed E-state index contributed by atoms with van der Waals surface area (Å²) < 4.78 is 1.77. The van der Waals surface area contributed by atoms with E-state index in [1.165, 1.54) is 0 Å². The van der Waals surface area contributed by atoms with Gasteiger partial charge in [0.1, 0.15) is 0 Å². The topological polar surface area (TPSA) is 91.0 Å². The van der Waals surface area contributed by atoms with E-state index < -0.39 is 0 Å². The summed E-state index contributed by atoms with van der Waals surface area (Å²) >= 11 is 0. The first-order valence-corrected chi connectivity index (χ1v) is 6.68. The van der Waals surface area contributed by atoms with Crippen LogP contribution in [0.1, 0.15) is 18.2 Å². The molecule has 0 aliphatic carbocycles. The highest BCUT2D eigenvalue weighted by molar-refractivity contribution is 6.00. The Labute approximate surface area is 117 Å². The Hall–Kier alpha value is -2.38. The number of nitrogens with zero attached hydrogens (tertiary/aromatic N) is 5. The minimum atomic E-state index is 0.719. The molecule has 3 N–H and O–H groups in total. The van der Waals surface area contributed by atoms with Gasteiger partial charge >= 0.3 is 0 Å². The average Bonchev–Trinajstić information content (AvgIpc) is 3.17. The molecule has 8 heteroatoms. The largest absolute Gasteiger partial charge is 0.353 e. The Kier molecular flexibility index (Phi) is 3.36. The SMILES string of the molecule is CC(=NNC1=NCCN1)c1cn(C2=NCCN2)nc1C. The highest BCUT2D eigenvalue weighted by Crippen LogP contribution is 2.07. The molecule has 0 saturated carbocycles. The van der Waals surface area contributed by atoms with E-state index in [2.05, 4.69) is 36.2 Å². The van der Waals surface area contributed by atoms with E-state index in [1.54, 1.807) is 4.68 Å². The van der Waals surface area contributed by atoms with Gasteiger partial charge in [-0.15, -0.1) is 0 Å². The monoisotopic (exact) mass is 274 g/mol. The normalized spacial score (nSPS) is 18.4. The Morgan fingerprint density at radius 3 is 2.80 bits per heavy atom. The fraction of sp³-hybridized carbons (Fsp3) is 0.500. The molecule has 0 spiro atoms. The van der Waals surface area contributed by atoms with E-state index in [9.17, 15) is 0 Å². The summed E-state index contributed by atoms with van der Waals surface area (Å²) in [5, 5.41) is 15.1. The van der Waals surface area contributed by atoms with Crippen LogP contribution in [0.5, 0.6) is 0 Å². The van der Waals surface area contributed by atoms with Crippen molar-refractivity contribution in [1.29, 1.82) is 0 Å². The van der Waals surface area contributed by atoms with E-state index in [0.29, 0.717) is 0 Å². The molecular weight excluding hydrogens is 256 g/mol. The third-order valence-electron chi connectivity index (χ3n) is 3.17. The third kappa shape index (κ3) is 2.49. The van der Waals surface area contributed by atoms with Crippen LogP contribution in [0.2, 0.25) is 0 Å². The minimum Gasteiger partial charge on any atom is -0.353 e. The van der Waals surface area contributed by atoms with Gasteiger partial charge in [-0.05, 0) is 13.8 Å². The van der Waals surface area contributed by atoms with Gasteiger partial charge in [-0.25, -0.2) is 20.1 Å². The summed E-state index contributed by atoms with van der Waals surface area (Å²) in [5.74, 6) is 1.51. The van der Waals surface area contributed by atoms with E-state index in [0.717, 1.165) is 55.1 Å². The van der Waals surface area contributed by atoms with E-state index in [4.69, 9.17) is 0 Å². The third-order valence-corrected chi connectivity index (χ3v) is 3.17. The molecule has 3 rings (SSSR count). The zero-order valence-electron chi connectivity index (χ0n) is 11.6. The fourth-order valence-corrected chi connectivity index (χ4v) is 2.13. The smallest absolute Gasteiger partial charge is 0.219 e. The quantitative estimate of drug-likeness (QED) is 0.490. The molecule has 0 atom stereocenters. The Morgan fingerprint density at radius 2 is 2.10 bits per heavy atom. The van der Waals surface area contributed by atoms with Crippen LogP contribution in [0.25, 0.3) is 0 Å². The number of hydrogen-bond donors (Lipinski definition) is 3. The molecule has 1 aromatic rings. The maximum absolute atomic E-state index is 4.46. The van der Waals surface area contributed by atoms with Crippen molar-refractivity contribution in [1.82, 2.24) is 25.8 Å². The molecule has 0 aromatic carbocycles. The maximum atomic E-state index is 4.46. The molecule has 0 saturated heterocycles. The first-order chi connectivity index (χ1) is 9.74. The molecule has 2 aliphatic heterocycles. The van der Waals surface area contributed by atoms with Gasteiger partial charge in [0.25, 0.3) is 0 Å². The standard InChI is InChI=1S/C12H18N8/c1-8(17-18-11-13-3-4-14-11)10-7-20(19-9(10)2)12-15-5-6-16-12/h7H,3-6H2,1-2H3,(H,15,16)(H2,13,14,18). The summed E-state index contributed by atoms with van der Waals surface area (Å²) in [6.07, 6.45) is 1.94. The Morgan fingerprint density at radius 1 is 1.30 bits per heavy atom. The van der Waals surface area contributed by atoms with Gasteiger partial charge in [0.05, 0.1) is 24.5 Å². The molecular formula is C12H18N8. The summed E-state index contributed by atoms with van der Waals surface area (Å²) in [6.45, 7) is 7.22. The van der Waals surface area contributed by atoms with Gasteiger partial charge in [0, 0.05) is 24.8 Å². The number of aromatic nitrogens is 2. The fourth-order valence-electron chi connectivity index (χ4n) is 2.13. The number of aryl methyl sites for hydroxylation is 1. The number of rotatable bonds is 2. The Balaban J connectivity index is 1.76. The minimum absolute atomic E-state index is 0.719. The number of hydrogen-bond acceptors (Lipinski definition) is 7. The van der Waals surface area contributed by atoms with Crippen LogP contribution in [0.3, 0.4) is 0 Å². The van der Waals surface area contributed by atoms with Crippen molar-refractivity contribution in [2.24, 2.45) is 15.1 Å². The molecule has 0 unspecified atom stereocenters. The van der Waals surface area contributed by atoms with Crippen LogP contribution in [0.4, 0.5) is 0 Å². The zero-order valence-corrected chi connectivity index (χ0v) is 11.6. The second kappa shape index (κ2) is 5.32. The van der Waals surface area contributed by atoms with Crippen molar-refractivity contribution in [3.8, 4) is 0 Å². The van der Waals surface area contributed by atoms with E-state index >= 15 is 0 Å². The Bertz CT molecular complexity index is 595. The van der Waals surface area contributed by atoms with E-state index in [1.807, 2.05) is 20.0 Å². The molecule has 0 fully saturated rings. The zero-order chi connectivity index (χ0) is 13.9. The average molecular weight is 274 g/mol. The lowest BCUT2D eigenvalue weighted by molar-refractivity contribution is 0.862. The molecule has 106 valence electrons. The van der Waals surface area contributed by atoms with Crippen molar-refractivity contribution in [2.75, 3.05) is 26.2 Å².